The molecular formula is C29H35Cl2F6N3O2. The van der Waals surface area contributed by atoms with Crippen molar-refractivity contribution < 1.29 is 35.9 Å². The van der Waals surface area contributed by atoms with Crippen LogP contribution in [0.2, 0.25) is 0 Å². The Labute approximate surface area is 254 Å². The lowest BCUT2D eigenvalue weighted by atomic mass is 9.97. The number of nitrogens with one attached hydrogen (secondary N) is 1. The van der Waals surface area contributed by atoms with Gasteiger partial charge in [0.25, 0.3) is 5.91 Å². The van der Waals surface area contributed by atoms with Crippen molar-refractivity contribution in [3.05, 3.63) is 81.9 Å². The van der Waals surface area contributed by atoms with Crippen LogP contribution in [0.5, 0.6) is 0 Å². The third-order valence-electron chi connectivity index (χ3n) is 7.38. The fourth-order valence-corrected chi connectivity index (χ4v) is 5.05. The van der Waals surface area contributed by atoms with Gasteiger partial charge in [-0.3, -0.25) is 9.69 Å². The summed E-state index contributed by atoms with van der Waals surface area (Å²) in [6.07, 6.45) is -5.72. The van der Waals surface area contributed by atoms with E-state index in [0.717, 1.165) is 23.2 Å². The average molecular weight is 643 g/mol. The van der Waals surface area contributed by atoms with E-state index in [1.165, 1.54) is 4.90 Å². The summed E-state index contributed by atoms with van der Waals surface area (Å²) in [7, 11) is 0. The van der Waals surface area contributed by atoms with Crippen molar-refractivity contribution in [1.82, 2.24) is 15.1 Å². The maximum atomic E-state index is 13.5. The van der Waals surface area contributed by atoms with Crippen LogP contribution in [0.15, 0.2) is 48.6 Å². The Bertz CT molecular complexity index is 1200. The molecule has 2 fully saturated rings. The van der Waals surface area contributed by atoms with Crippen molar-refractivity contribution in [1.29, 1.82) is 0 Å². The molecule has 5 nitrogen and oxygen atoms in total. The maximum absolute atomic E-state index is 13.5. The second kappa shape index (κ2) is 14.9. The molecule has 2 aliphatic heterocycles. The number of piperazine rings is 1. The van der Waals surface area contributed by atoms with Crippen molar-refractivity contribution in [3.8, 4) is 0 Å². The summed E-state index contributed by atoms with van der Waals surface area (Å²) in [5.74, 6) is -0.845. The molecule has 2 aliphatic rings. The number of aryl methyl sites for hydroxylation is 2. The molecule has 42 heavy (non-hydrogen) atoms. The van der Waals surface area contributed by atoms with Crippen molar-refractivity contribution in [2.75, 3.05) is 45.9 Å². The molecule has 0 radical (unpaired) electrons. The lowest BCUT2D eigenvalue weighted by Crippen LogP contribution is -2.56. The number of hydrogen-bond acceptors (Lipinski definition) is 4. The van der Waals surface area contributed by atoms with Gasteiger partial charge in [0.05, 0.1) is 23.8 Å². The van der Waals surface area contributed by atoms with Gasteiger partial charge in [0, 0.05) is 50.9 Å². The number of carbonyl (C=O) groups excluding carboxylic acids is 1. The standard InChI is InChI=1S/C29H33F6N3O2.2ClH/c1-19-5-6-21(12-20(19)2)13-25-18-37(8-3-4-26-17-36-7-11-40-26)9-10-38(25)27(39)22-14-23(28(30,31)32)16-24(15-22)29(33,34)35;;/h3-6,12,14-16,25-26,36H,7-11,13,17-18H2,1-2H3;2*1H/t25-,26+;;/m1../s1. The summed E-state index contributed by atoms with van der Waals surface area (Å²) in [5.41, 5.74) is -0.540. The predicted octanol–water partition coefficient (Wildman–Crippen LogP) is 6.10. The van der Waals surface area contributed by atoms with Gasteiger partial charge in [-0.1, -0.05) is 30.4 Å². The summed E-state index contributed by atoms with van der Waals surface area (Å²) in [6, 6.07) is 6.50. The average Bonchev–Trinajstić information content (AvgIpc) is 2.90. The molecule has 0 unspecified atom stereocenters. The fourth-order valence-electron chi connectivity index (χ4n) is 5.05. The Kier molecular flexibility index (Phi) is 12.7. The Morgan fingerprint density at radius 2 is 1.64 bits per heavy atom. The molecule has 2 aromatic rings. The number of nitrogens with zero attached hydrogens (tertiary/aromatic N) is 2. The van der Waals surface area contributed by atoms with Gasteiger partial charge in [-0.25, -0.2) is 0 Å². The number of alkyl halides is 6. The zero-order valence-electron chi connectivity index (χ0n) is 23.2. The van der Waals surface area contributed by atoms with Crippen LogP contribution in [0.4, 0.5) is 26.3 Å². The number of rotatable bonds is 6. The van der Waals surface area contributed by atoms with E-state index in [4.69, 9.17) is 4.74 Å². The zero-order valence-corrected chi connectivity index (χ0v) is 24.9. The first-order chi connectivity index (χ1) is 18.8. The van der Waals surface area contributed by atoms with E-state index in [2.05, 4.69) is 10.2 Å². The molecule has 0 saturated carbocycles. The van der Waals surface area contributed by atoms with E-state index in [0.29, 0.717) is 51.3 Å². The minimum atomic E-state index is -5.03. The molecule has 13 heteroatoms. The zero-order chi connectivity index (χ0) is 29.1. The number of halogens is 8. The van der Waals surface area contributed by atoms with Crippen molar-refractivity contribution in [2.45, 2.75) is 44.8 Å². The topological polar surface area (TPSA) is 44.8 Å². The Balaban J connectivity index is 0.00000308. The highest BCUT2D eigenvalue weighted by Crippen LogP contribution is 2.37. The second-order valence-corrected chi connectivity index (χ2v) is 10.4. The highest BCUT2D eigenvalue weighted by molar-refractivity contribution is 5.95. The first-order valence-corrected chi connectivity index (χ1v) is 13.2. The normalized spacial score (nSPS) is 20.2. The number of benzene rings is 2. The molecule has 0 aliphatic carbocycles. The highest BCUT2D eigenvalue weighted by atomic mass is 35.5. The van der Waals surface area contributed by atoms with Crippen LogP contribution in [0.1, 0.15) is 38.2 Å². The third kappa shape index (κ3) is 9.34. The van der Waals surface area contributed by atoms with E-state index in [1.54, 1.807) is 0 Å². The number of amides is 1. The lowest BCUT2D eigenvalue weighted by molar-refractivity contribution is -0.143. The summed E-state index contributed by atoms with van der Waals surface area (Å²) in [5, 5.41) is 3.25. The molecule has 1 N–H and O–H groups in total. The van der Waals surface area contributed by atoms with Crippen molar-refractivity contribution >= 4 is 30.7 Å². The molecule has 4 rings (SSSR count). The van der Waals surface area contributed by atoms with Gasteiger partial charge in [-0.15, -0.1) is 24.8 Å². The maximum Gasteiger partial charge on any atom is 0.416 e. The smallest absolute Gasteiger partial charge is 0.372 e. The van der Waals surface area contributed by atoms with Gasteiger partial charge in [0.1, 0.15) is 0 Å². The molecule has 2 aromatic carbocycles. The highest BCUT2D eigenvalue weighted by Gasteiger charge is 2.39. The van der Waals surface area contributed by atoms with Gasteiger partial charge in [0.2, 0.25) is 0 Å². The van der Waals surface area contributed by atoms with E-state index in [1.807, 2.05) is 44.2 Å². The summed E-state index contributed by atoms with van der Waals surface area (Å²) in [4.78, 5) is 17.1. The van der Waals surface area contributed by atoms with E-state index in [9.17, 15) is 31.1 Å². The minimum absolute atomic E-state index is 0. The van der Waals surface area contributed by atoms with Crippen LogP contribution in [-0.2, 0) is 23.5 Å². The van der Waals surface area contributed by atoms with E-state index < -0.39 is 41.0 Å². The molecule has 1 amide bonds. The van der Waals surface area contributed by atoms with E-state index >= 15 is 0 Å². The van der Waals surface area contributed by atoms with Gasteiger partial charge in [0.15, 0.2) is 0 Å². The summed E-state index contributed by atoms with van der Waals surface area (Å²) >= 11 is 0. The Morgan fingerprint density at radius 1 is 0.976 bits per heavy atom. The molecule has 0 aromatic heterocycles. The summed E-state index contributed by atoms with van der Waals surface area (Å²) < 4.78 is 86.4. The molecular weight excluding hydrogens is 607 g/mol. The van der Waals surface area contributed by atoms with E-state index in [-0.39, 0.29) is 43.5 Å². The largest absolute Gasteiger partial charge is 0.416 e. The number of morpholine rings is 1. The monoisotopic (exact) mass is 641 g/mol. The second-order valence-electron chi connectivity index (χ2n) is 10.4. The van der Waals surface area contributed by atoms with Gasteiger partial charge >= 0.3 is 12.4 Å². The molecule has 2 heterocycles. The first-order valence-electron chi connectivity index (χ1n) is 13.2. The summed E-state index contributed by atoms with van der Waals surface area (Å²) in [6.45, 7) is 7.66. The molecule has 0 bridgehead atoms. The Hall–Kier alpha value is -2.31. The van der Waals surface area contributed by atoms with Crippen LogP contribution in [-0.4, -0.2) is 73.7 Å². The quantitative estimate of drug-likeness (QED) is 0.306. The van der Waals surface area contributed by atoms with Crippen LogP contribution >= 0.6 is 24.8 Å². The SMILES string of the molecule is Cc1ccc(C[C@@H]2CN(CC=C[C@H]3CNCCO3)CCN2C(=O)c2cc(C(F)(F)F)cc(C(F)(F)F)c2)cc1C.Cl.Cl. The van der Waals surface area contributed by atoms with Crippen LogP contribution < -0.4 is 5.32 Å². The molecule has 2 saturated heterocycles. The number of carbonyl (C=O) groups is 1. The van der Waals surface area contributed by atoms with Gasteiger partial charge < -0.3 is 15.0 Å². The van der Waals surface area contributed by atoms with Crippen molar-refractivity contribution in [3.63, 3.8) is 0 Å². The van der Waals surface area contributed by atoms with Gasteiger partial charge in [-0.2, -0.15) is 26.3 Å². The van der Waals surface area contributed by atoms with Gasteiger partial charge in [-0.05, 0) is 55.2 Å². The fraction of sp³-hybridized carbons (Fsp3) is 0.483. The number of ether oxygens (including phenoxy) is 1. The molecule has 0 spiro atoms. The minimum Gasteiger partial charge on any atom is -0.372 e. The van der Waals surface area contributed by atoms with Crippen LogP contribution in [0.25, 0.3) is 0 Å². The number of hydrogen-bond donors (Lipinski definition) is 1. The first kappa shape index (κ1) is 35.9. The predicted molar refractivity (Wildman–Crippen MR) is 154 cm³/mol. The lowest BCUT2D eigenvalue weighted by Gasteiger charge is -2.41. The molecule has 2 atom stereocenters. The Morgan fingerprint density at radius 3 is 2.21 bits per heavy atom. The van der Waals surface area contributed by atoms with Crippen LogP contribution in [0.3, 0.4) is 0 Å². The molecule has 234 valence electrons. The van der Waals surface area contributed by atoms with Crippen LogP contribution in [0, 0.1) is 13.8 Å². The third-order valence-corrected chi connectivity index (χ3v) is 7.38. The van der Waals surface area contributed by atoms with Crippen molar-refractivity contribution in [2.24, 2.45) is 0 Å².